The van der Waals surface area contributed by atoms with E-state index in [1.54, 1.807) is 0 Å². The SMILES string of the molecule is O=NC1C(F)=C(F)C(N=O)C(F)=C1F. The smallest absolute Gasteiger partial charge is 0.200 e. The predicted octanol–water partition coefficient (Wildman–Crippen LogP) is 2.57. The van der Waals surface area contributed by atoms with Gasteiger partial charge in [0.2, 0.25) is 0 Å². The molecule has 0 N–H and O–H groups in total. The molecule has 0 saturated heterocycles. The van der Waals surface area contributed by atoms with E-state index in [-0.39, 0.29) is 0 Å². The van der Waals surface area contributed by atoms with E-state index < -0.39 is 35.4 Å². The fourth-order valence-corrected chi connectivity index (χ4v) is 0.930. The molecule has 76 valence electrons. The van der Waals surface area contributed by atoms with E-state index in [2.05, 4.69) is 0 Å². The predicted molar refractivity (Wildman–Crippen MR) is 37.7 cm³/mol. The molecule has 14 heavy (non-hydrogen) atoms. The highest BCUT2D eigenvalue weighted by atomic mass is 19.2. The third kappa shape index (κ3) is 1.32. The molecular formula is C6H2F4N2O2. The quantitative estimate of drug-likeness (QED) is 0.519. The summed E-state index contributed by atoms with van der Waals surface area (Å²) in [5.41, 5.74) is 0. The minimum absolute atomic E-state index is 1.84. The van der Waals surface area contributed by atoms with Gasteiger partial charge in [-0.05, 0) is 0 Å². The fourth-order valence-electron chi connectivity index (χ4n) is 0.930. The maximum atomic E-state index is 12.7. The zero-order chi connectivity index (χ0) is 10.9. The molecule has 1 rings (SSSR count). The molecule has 8 heteroatoms. The van der Waals surface area contributed by atoms with Crippen LogP contribution in [0.5, 0.6) is 0 Å². The molecule has 0 amide bonds. The Morgan fingerprint density at radius 2 is 0.929 bits per heavy atom. The summed E-state index contributed by atoms with van der Waals surface area (Å²) in [5.74, 6) is -7.71. The Bertz CT molecular complexity index is 294. The van der Waals surface area contributed by atoms with Gasteiger partial charge < -0.3 is 0 Å². The molecule has 0 spiro atoms. The van der Waals surface area contributed by atoms with Crippen LogP contribution in [0.25, 0.3) is 0 Å². The lowest BCUT2D eigenvalue weighted by Gasteiger charge is -2.15. The third-order valence-corrected chi connectivity index (χ3v) is 1.63. The van der Waals surface area contributed by atoms with Crippen molar-refractivity contribution in [3.8, 4) is 0 Å². The molecule has 4 nitrogen and oxygen atoms in total. The topological polar surface area (TPSA) is 58.9 Å². The van der Waals surface area contributed by atoms with Gasteiger partial charge in [-0.1, -0.05) is 10.4 Å². The molecule has 0 fully saturated rings. The monoisotopic (exact) mass is 210 g/mol. The number of hydrogen-bond donors (Lipinski definition) is 0. The number of halogens is 4. The van der Waals surface area contributed by atoms with Crippen molar-refractivity contribution in [2.24, 2.45) is 10.4 Å². The lowest BCUT2D eigenvalue weighted by molar-refractivity contribution is 0.368. The fraction of sp³-hybridized carbons (Fsp3) is 0.333. The Hall–Kier alpha value is -1.60. The van der Waals surface area contributed by atoms with Crippen LogP contribution in [0.15, 0.2) is 33.7 Å². The maximum Gasteiger partial charge on any atom is 0.200 e. The second-order valence-corrected chi connectivity index (χ2v) is 2.41. The van der Waals surface area contributed by atoms with Crippen LogP contribution in [0.2, 0.25) is 0 Å². The summed E-state index contributed by atoms with van der Waals surface area (Å²) in [5, 5.41) is 3.68. The number of nitrogens with zero attached hydrogens (tertiary/aromatic N) is 2. The molecule has 0 heterocycles. The summed E-state index contributed by atoms with van der Waals surface area (Å²) < 4.78 is 50.7. The molecule has 0 bridgehead atoms. The number of hydrogen-bond acceptors (Lipinski definition) is 4. The van der Waals surface area contributed by atoms with Crippen molar-refractivity contribution in [3.63, 3.8) is 0 Å². The van der Waals surface area contributed by atoms with Gasteiger partial charge >= 0.3 is 0 Å². The second kappa shape index (κ2) is 3.64. The van der Waals surface area contributed by atoms with Gasteiger partial charge in [-0.15, -0.1) is 9.81 Å². The van der Waals surface area contributed by atoms with Gasteiger partial charge in [0, 0.05) is 0 Å². The first-order chi connectivity index (χ1) is 6.54. The summed E-state index contributed by atoms with van der Waals surface area (Å²) in [7, 11) is 0. The van der Waals surface area contributed by atoms with E-state index >= 15 is 0 Å². The summed E-state index contributed by atoms with van der Waals surface area (Å²) in [6.07, 6.45) is 0. The van der Waals surface area contributed by atoms with E-state index in [4.69, 9.17) is 0 Å². The standard InChI is InChI=1S/C6H2F4N2O2/c7-1-2(8)6(12-14)4(10)3(9)5(1)11-13/h5-6H. The van der Waals surface area contributed by atoms with Gasteiger partial charge in [0.05, 0.1) is 0 Å². The molecule has 0 atom stereocenters. The van der Waals surface area contributed by atoms with Crippen LogP contribution in [0.4, 0.5) is 17.6 Å². The number of nitroso groups, excluding NO2 is 2. The Kier molecular flexibility index (Phi) is 2.73. The van der Waals surface area contributed by atoms with Gasteiger partial charge in [-0.2, -0.15) is 0 Å². The summed E-state index contributed by atoms with van der Waals surface area (Å²) in [4.78, 5) is 19.7. The first kappa shape index (κ1) is 10.5. The molecule has 0 aromatic rings. The van der Waals surface area contributed by atoms with E-state index in [0.717, 1.165) is 0 Å². The van der Waals surface area contributed by atoms with Crippen molar-refractivity contribution in [1.29, 1.82) is 0 Å². The molecule has 1 aliphatic carbocycles. The zero-order valence-electron chi connectivity index (χ0n) is 6.38. The average Bonchev–Trinajstić information content (AvgIpc) is 2.17. The van der Waals surface area contributed by atoms with E-state index in [0.29, 0.717) is 0 Å². The highest BCUT2D eigenvalue weighted by Crippen LogP contribution is 2.36. The van der Waals surface area contributed by atoms with Crippen molar-refractivity contribution in [2.45, 2.75) is 12.1 Å². The molecular weight excluding hydrogens is 208 g/mol. The highest BCUT2D eigenvalue weighted by Gasteiger charge is 2.41. The third-order valence-electron chi connectivity index (χ3n) is 1.63. The molecule has 0 aromatic carbocycles. The van der Waals surface area contributed by atoms with Crippen LogP contribution < -0.4 is 0 Å². The minimum Gasteiger partial charge on any atom is -0.206 e. The maximum absolute atomic E-state index is 12.7. The molecule has 0 aromatic heterocycles. The molecule has 0 saturated carbocycles. The van der Waals surface area contributed by atoms with Crippen molar-refractivity contribution in [1.82, 2.24) is 0 Å². The van der Waals surface area contributed by atoms with Gasteiger partial charge in [-0.25, -0.2) is 17.6 Å². The van der Waals surface area contributed by atoms with Crippen molar-refractivity contribution < 1.29 is 17.6 Å². The summed E-state index contributed by atoms with van der Waals surface area (Å²) in [6.45, 7) is 0. The molecule has 0 radical (unpaired) electrons. The van der Waals surface area contributed by atoms with Crippen molar-refractivity contribution >= 4 is 0 Å². The van der Waals surface area contributed by atoms with E-state index in [9.17, 15) is 27.4 Å². The van der Waals surface area contributed by atoms with Crippen LogP contribution in [0, 0.1) is 9.81 Å². The van der Waals surface area contributed by atoms with Crippen LogP contribution in [0.1, 0.15) is 0 Å². The average molecular weight is 210 g/mol. The van der Waals surface area contributed by atoms with Gasteiger partial charge in [-0.3, -0.25) is 0 Å². The number of rotatable bonds is 2. The lowest BCUT2D eigenvalue weighted by Crippen LogP contribution is -2.22. The highest BCUT2D eigenvalue weighted by molar-refractivity contribution is 5.35. The lowest BCUT2D eigenvalue weighted by atomic mass is 10.0. The molecule has 0 aliphatic heterocycles. The van der Waals surface area contributed by atoms with Crippen molar-refractivity contribution in [3.05, 3.63) is 33.1 Å². The van der Waals surface area contributed by atoms with Crippen LogP contribution >= 0.6 is 0 Å². The van der Waals surface area contributed by atoms with Gasteiger partial charge in [0.15, 0.2) is 35.4 Å². The minimum atomic E-state index is -2.49. The first-order valence-electron chi connectivity index (χ1n) is 3.29. The van der Waals surface area contributed by atoms with Crippen LogP contribution in [-0.2, 0) is 0 Å². The van der Waals surface area contributed by atoms with Gasteiger partial charge in [0.1, 0.15) is 0 Å². The Balaban J connectivity index is 3.27. The van der Waals surface area contributed by atoms with E-state index in [1.807, 2.05) is 10.4 Å². The van der Waals surface area contributed by atoms with Gasteiger partial charge in [0.25, 0.3) is 0 Å². The largest absolute Gasteiger partial charge is 0.206 e. The van der Waals surface area contributed by atoms with Crippen molar-refractivity contribution in [2.75, 3.05) is 0 Å². The zero-order valence-corrected chi connectivity index (χ0v) is 6.38. The van der Waals surface area contributed by atoms with Crippen LogP contribution in [-0.4, -0.2) is 12.1 Å². The summed E-state index contributed by atoms with van der Waals surface area (Å²) in [6, 6.07) is -4.99. The summed E-state index contributed by atoms with van der Waals surface area (Å²) >= 11 is 0. The van der Waals surface area contributed by atoms with Crippen LogP contribution in [0.3, 0.4) is 0 Å². The van der Waals surface area contributed by atoms with E-state index in [1.165, 1.54) is 0 Å². The first-order valence-corrected chi connectivity index (χ1v) is 3.29. The Morgan fingerprint density at radius 3 is 1.07 bits per heavy atom. The second-order valence-electron chi connectivity index (χ2n) is 2.41. The Labute approximate surface area is 74.2 Å². The molecule has 0 unspecified atom stereocenters. The normalized spacial score (nSPS) is 28.0. The Morgan fingerprint density at radius 1 is 0.714 bits per heavy atom. The molecule has 1 aliphatic rings.